The van der Waals surface area contributed by atoms with Gasteiger partial charge in [0.2, 0.25) is 5.89 Å². The number of aromatic nitrogens is 2. The number of carbonyl (C=O) groups excluding carboxylic acids is 2. The van der Waals surface area contributed by atoms with Crippen LogP contribution in [0.5, 0.6) is 0 Å². The molecule has 38 heavy (non-hydrogen) atoms. The van der Waals surface area contributed by atoms with Crippen LogP contribution >= 0.6 is 31.9 Å². The molecule has 0 spiro atoms. The highest BCUT2D eigenvalue weighted by Crippen LogP contribution is 2.36. The van der Waals surface area contributed by atoms with Gasteiger partial charge in [0.1, 0.15) is 0 Å². The number of allylic oxidation sites excluding steroid dienone is 1. The molecule has 2 heterocycles. The SMILES string of the molecule is O=C1C(=Cc2cc3oc(-c4ccccc4)nc3n2-c2ccccc2)C(=O)c2cc3cc(Br)c(Br)cc3cc21. The lowest BCUT2D eigenvalue weighted by Crippen LogP contribution is -2.03. The highest BCUT2D eigenvalue weighted by Gasteiger charge is 2.34. The first-order chi connectivity index (χ1) is 18.5. The quantitative estimate of drug-likeness (QED) is 0.147. The number of para-hydroxylation sites is 1. The van der Waals surface area contributed by atoms with Crippen LogP contribution in [-0.2, 0) is 0 Å². The number of benzene rings is 4. The molecule has 5 nitrogen and oxygen atoms in total. The van der Waals surface area contributed by atoms with Crippen molar-refractivity contribution in [3.8, 4) is 17.1 Å². The van der Waals surface area contributed by atoms with Crippen LogP contribution in [0.25, 0.3) is 45.2 Å². The van der Waals surface area contributed by atoms with E-state index in [0.717, 1.165) is 31.0 Å². The van der Waals surface area contributed by atoms with E-state index in [2.05, 4.69) is 31.9 Å². The number of Topliss-reactive ketones (excluding diaryl/α,β-unsaturated/α-hetero) is 2. The van der Waals surface area contributed by atoms with Gasteiger partial charge in [0, 0.05) is 37.4 Å². The van der Waals surface area contributed by atoms with Crippen molar-refractivity contribution in [3.63, 3.8) is 0 Å². The predicted molar refractivity (Wildman–Crippen MR) is 155 cm³/mol. The summed E-state index contributed by atoms with van der Waals surface area (Å²) in [6.45, 7) is 0. The van der Waals surface area contributed by atoms with Crippen LogP contribution < -0.4 is 0 Å². The average molecular weight is 624 g/mol. The molecule has 0 saturated carbocycles. The molecule has 2 aromatic heterocycles. The van der Waals surface area contributed by atoms with Crippen molar-refractivity contribution >= 4 is 71.5 Å². The number of halogens is 2. The van der Waals surface area contributed by atoms with Gasteiger partial charge in [-0.15, -0.1) is 0 Å². The van der Waals surface area contributed by atoms with Gasteiger partial charge in [-0.2, -0.15) is 4.98 Å². The van der Waals surface area contributed by atoms with E-state index in [4.69, 9.17) is 9.40 Å². The van der Waals surface area contributed by atoms with Crippen molar-refractivity contribution in [1.82, 2.24) is 9.55 Å². The molecule has 1 aliphatic carbocycles. The summed E-state index contributed by atoms with van der Waals surface area (Å²) in [7, 11) is 0. The molecule has 0 amide bonds. The van der Waals surface area contributed by atoms with E-state index >= 15 is 0 Å². The fraction of sp³-hybridized carbons (Fsp3) is 0. The average Bonchev–Trinajstić information content (AvgIpc) is 3.56. The Labute approximate surface area is 233 Å². The Morgan fingerprint density at radius 2 is 1.32 bits per heavy atom. The number of oxazole rings is 1. The molecule has 4 aromatic carbocycles. The number of fused-ring (bicyclic) bond motifs is 3. The third-order valence-electron chi connectivity index (χ3n) is 6.71. The Morgan fingerprint density at radius 1 is 0.737 bits per heavy atom. The van der Waals surface area contributed by atoms with Crippen LogP contribution in [0.1, 0.15) is 26.4 Å². The second kappa shape index (κ2) is 8.75. The number of carbonyl (C=O) groups is 2. The van der Waals surface area contributed by atoms with Crippen LogP contribution in [0.3, 0.4) is 0 Å². The fourth-order valence-electron chi connectivity index (χ4n) is 4.90. The van der Waals surface area contributed by atoms with E-state index in [-0.39, 0.29) is 17.1 Å². The molecule has 0 N–H and O–H groups in total. The molecular weight excluding hydrogens is 608 g/mol. The summed E-state index contributed by atoms with van der Waals surface area (Å²) in [5.41, 5.74) is 4.46. The summed E-state index contributed by atoms with van der Waals surface area (Å²) < 4.78 is 9.78. The summed E-state index contributed by atoms with van der Waals surface area (Å²) in [5.74, 6) is -0.0773. The zero-order chi connectivity index (χ0) is 26.0. The first kappa shape index (κ1) is 23.1. The van der Waals surface area contributed by atoms with Crippen LogP contribution in [0, 0.1) is 0 Å². The number of rotatable bonds is 3. The van der Waals surface area contributed by atoms with Gasteiger partial charge in [-0.05, 0) is 97.2 Å². The molecule has 1 aliphatic rings. The summed E-state index contributed by atoms with van der Waals surface area (Å²) in [4.78, 5) is 31.8. The number of nitrogens with zero attached hydrogens (tertiary/aromatic N) is 2. The van der Waals surface area contributed by atoms with Gasteiger partial charge in [0.25, 0.3) is 0 Å². The molecular formula is C31H16Br2N2O3. The minimum absolute atomic E-state index is 0.119. The van der Waals surface area contributed by atoms with Crippen molar-refractivity contribution in [3.05, 3.63) is 122 Å². The molecule has 0 atom stereocenters. The first-order valence-electron chi connectivity index (χ1n) is 11.8. The number of hydrogen-bond donors (Lipinski definition) is 0. The van der Waals surface area contributed by atoms with E-state index in [0.29, 0.717) is 33.9 Å². The van der Waals surface area contributed by atoms with Gasteiger partial charge >= 0.3 is 0 Å². The van der Waals surface area contributed by atoms with Crippen LogP contribution in [-0.4, -0.2) is 21.1 Å². The van der Waals surface area contributed by atoms with Gasteiger partial charge in [0.05, 0.1) is 11.3 Å². The first-order valence-corrected chi connectivity index (χ1v) is 13.4. The summed E-state index contributed by atoms with van der Waals surface area (Å²) in [6.07, 6.45) is 1.65. The Bertz CT molecular complexity index is 1910. The zero-order valence-electron chi connectivity index (χ0n) is 19.6. The largest absolute Gasteiger partial charge is 0.434 e. The molecule has 0 unspecified atom stereocenters. The topological polar surface area (TPSA) is 65.1 Å². The number of ketones is 2. The van der Waals surface area contributed by atoms with Gasteiger partial charge < -0.3 is 4.42 Å². The zero-order valence-corrected chi connectivity index (χ0v) is 22.8. The van der Waals surface area contributed by atoms with Gasteiger partial charge in [0.15, 0.2) is 22.8 Å². The molecule has 7 rings (SSSR count). The van der Waals surface area contributed by atoms with Crippen LogP contribution in [0.4, 0.5) is 0 Å². The molecule has 0 saturated heterocycles. The van der Waals surface area contributed by atoms with Gasteiger partial charge in [-0.3, -0.25) is 14.2 Å². The van der Waals surface area contributed by atoms with E-state index in [1.165, 1.54) is 0 Å². The lowest BCUT2D eigenvalue weighted by atomic mass is 10.0. The highest BCUT2D eigenvalue weighted by molar-refractivity contribution is 9.13. The Morgan fingerprint density at radius 3 is 1.92 bits per heavy atom. The number of hydrogen-bond acceptors (Lipinski definition) is 4. The predicted octanol–water partition coefficient (Wildman–Crippen LogP) is 8.43. The monoisotopic (exact) mass is 622 g/mol. The van der Waals surface area contributed by atoms with Gasteiger partial charge in [-0.1, -0.05) is 36.4 Å². The molecule has 0 aliphatic heterocycles. The van der Waals surface area contributed by atoms with E-state index in [1.54, 1.807) is 18.2 Å². The second-order valence-electron chi connectivity index (χ2n) is 9.04. The molecule has 0 bridgehead atoms. The lowest BCUT2D eigenvalue weighted by molar-refractivity contribution is 0.0990. The molecule has 0 fully saturated rings. The van der Waals surface area contributed by atoms with E-state index in [9.17, 15) is 9.59 Å². The van der Waals surface area contributed by atoms with Gasteiger partial charge in [-0.25, -0.2) is 0 Å². The second-order valence-corrected chi connectivity index (χ2v) is 10.7. The molecule has 0 radical (unpaired) electrons. The lowest BCUT2D eigenvalue weighted by Gasteiger charge is -2.07. The molecule has 7 heteroatoms. The van der Waals surface area contributed by atoms with Crippen molar-refractivity contribution in [2.75, 3.05) is 0 Å². The maximum atomic E-state index is 13.5. The third kappa shape index (κ3) is 3.61. The maximum absolute atomic E-state index is 13.5. The highest BCUT2D eigenvalue weighted by atomic mass is 79.9. The van der Waals surface area contributed by atoms with Crippen molar-refractivity contribution in [2.24, 2.45) is 0 Å². The summed E-state index contributed by atoms with van der Waals surface area (Å²) in [6, 6.07) is 28.7. The Balaban J connectivity index is 1.39. The normalized spacial score (nSPS) is 13.1. The smallest absolute Gasteiger partial charge is 0.228 e. The van der Waals surface area contributed by atoms with E-state index in [1.807, 2.05) is 83.4 Å². The minimum Gasteiger partial charge on any atom is -0.434 e. The molecule has 182 valence electrons. The Hall–Kier alpha value is -4.07. The van der Waals surface area contributed by atoms with Crippen LogP contribution in [0.2, 0.25) is 0 Å². The fourth-order valence-corrected chi connectivity index (χ4v) is 5.62. The summed E-state index contributed by atoms with van der Waals surface area (Å²) >= 11 is 7.03. The Kier molecular flexibility index (Phi) is 5.32. The van der Waals surface area contributed by atoms with E-state index < -0.39 is 0 Å². The van der Waals surface area contributed by atoms with Crippen molar-refractivity contribution < 1.29 is 14.0 Å². The van der Waals surface area contributed by atoms with Crippen molar-refractivity contribution in [1.29, 1.82) is 0 Å². The minimum atomic E-state index is -0.290. The summed E-state index contributed by atoms with van der Waals surface area (Å²) in [5, 5.41) is 1.76. The third-order valence-corrected chi connectivity index (χ3v) is 8.55. The van der Waals surface area contributed by atoms with Crippen molar-refractivity contribution in [2.45, 2.75) is 0 Å². The molecule has 6 aromatic rings. The standard InChI is InChI=1S/C31H16Br2N2O3/c32-25-13-18-11-22-23(12-19(18)14-26(25)33)29(37)24(28(22)36)15-21-16-27-30(35(21)20-9-5-2-6-10-20)34-31(38-27)17-7-3-1-4-8-17/h1-16H. The van der Waals surface area contributed by atoms with Crippen LogP contribution in [0.15, 0.2) is 110 Å². The maximum Gasteiger partial charge on any atom is 0.228 e.